The summed E-state index contributed by atoms with van der Waals surface area (Å²) in [6.07, 6.45) is 2.47. The lowest BCUT2D eigenvalue weighted by atomic mass is 10.2. The Hall–Kier alpha value is -2.82. The third-order valence-corrected chi connectivity index (χ3v) is 3.48. The van der Waals surface area contributed by atoms with Crippen molar-refractivity contribution in [2.45, 2.75) is 13.3 Å². The summed E-state index contributed by atoms with van der Waals surface area (Å²) in [5.74, 6) is -0.402. The Kier molecular flexibility index (Phi) is 3.78. The Morgan fingerprint density at radius 1 is 1.23 bits per heavy atom. The number of aryl methyl sites for hydroxylation is 1. The van der Waals surface area contributed by atoms with E-state index < -0.39 is 5.97 Å². The van der Waals surface area contributed by atoms with Crippen molar-refractivity contribution in [2.75, 3.05) is 6.61 Å². The average molecular weight is 296 g/mol. The monoisotopic (exact) mass is 296 g/mol. The standard InChI is InChI=1S/C17H16N2O3/c1-12-15(17(20)21)19-10-5-8-14(16(19)18-12)22-11-9-13-6-3-2-4-7-13/h2-8,10H,9,11H2,1H3,(H,20,21). The van der Waals surface area contributed by atoms with Gasteiger partial charge in [0.1, 0.15) is 0 Å². The SMILES string of the molecule is Cc1nc2c(OCCc3ccccc3)cccn2c1C(=O)O. The van der Waals surface area contributed by atoms with E-state index in [-0.39, 0.29) is 5.69 Å². The molecule has 0 spiro atoms. The molecule has 112 valence electrons. The Morgan fingerprint density at radius 3 is 2.73 bits per heavy atom. The van der Waals surface area contributed by atoms with Crippen LogP contribution in [0.4, 0.5) is 0 Å². The molecule has 1 N–H and O–H groups in total. The van der Waals surface area contributed by atoms with Crippen molar-refractivity contribution in [3.05, 3.63) is 65.6 Å². The highest BCUT2D eigenvalue weighted by atomic mass is 16.5. The number of fused-ring (bicyclic) bond motifs is 1. The van der Waals surface area contributed by atoms with Crippen LogP contribution in [0, 0.1) is 6.92 Å². The lowest BCUT2D eigenvalue weighted by Crippen LogP contribution is -2.05. The fraction of sp³-hybridized carbons (Fsp3) is 0.176. The van der Waals surface area contributed by atoms with Gasteiger partial charge in [-0.25, -0.2) is 9.78 Å². The number of aromatic carboxylic acids is 1. The summed E-state index contributed by atoms with van der Waals surface area (Å²) in [6.45, 7) is 2.20. The van der Waals surface area contributed by atoms with Gasteiger partial charge in [-0.15, -0.1) is 0 Å². The van der Waals surface area contributed by atoms with Crippen molar-refractivity contribution < 1.29 is 14.6 Å². The van der Waals surface area contributed by atoms with Gasteiger partial charge in [0.25, 0.3) is 0 Å². The normalized spacial score (nSPS) is 10.8. The van der Waals surface area contributed by atoms with E-state index in [1.54, 1.807) is 29.7 Å². The minimum absolute atomic E-state index is 0.170. The first-order valence-corrected chi connectivity index (χ1v) is 7.04. The van der Waals surface area contributed by atoms with Gasteiger partial charge in [-0.3, -0.25) is 4.40 Å². The van der Waals surface area contributed by atoms with Crippen LogP contribution in [0.1, 0.15) is 21.7 Å². The summed E-state index contributed by atoms with van der Waals surface area (Å²) in [5.41, 5.74) is 2.38. The first-order chi connectivity index (χ1) is 10.7. The predicted molar refractivity (Wildman–Crippen MR) is 82.5 cm³/mol. The van der Waals surface area contributed by atoms with E-state index in [0.717, 1.165) is 6.42 Å². The minimum atomic E-state index is -0.994. The number of rotatable bonds is 5. The third-order valence-electron chi connectivity index (χ3n) is 3.48. The van der Waals surface area contributed by atoms with Crippen molar-refractivity contribution in [1.29, 1.82) is 0 Å². The number of carbonyl (C=O) groups is 1. The van der Waals surface area contributed by atoms with E-state index in [9.17, 15) is 9.90 Å². The van der Waals surface area contributed by atoms with Crippen LogP contribution in [0.3, 0.4) is 0 Å². The molecule has 0 atom stereocenters. The van der Waals surface area contributed by atoms with Gasteiger partial charge in [-0.1, -0.05) is 30.3 Å². The molecule has 0 fully saturated rings. The Labute approximate surface area is 127 Å². The summed E-state index contributed by atoms with van der Waals surface area (Å²) in [5, 5.41) is 9.27. The van der Waals surface area contributed by atoms with Gasteiger partial charge in [0.05, 0.1) is 12.3 Å². The molecular formula is C17H16N2O3. The van der Waals surface area contributed by atoms with Gasteiger partial charge in [0.2, 0.25) is 0 Å². The molecule has 3 rings (SSSR count). The number of hydrogen-bond donors (Lipinski definition) is 1. The highest BCUT2D eigenvalue weighted by molar-refractivity contribution is 5.88. The molecule has 1 aromatic carbocycles. The fourth-order valence-corrected chi connectivity index (χ4v) is 2.45. The Bertz CT molecular complexity index is 809. The Balaban J connectivity index is 1.82. The summed E-state index contributed by atoms with van der Waals surface area (Å²) >= 11 is 0. The van der Waals surface area contributed by atoms with Gasteiger partial charge in [-0.05, 0) is 24.6 Å². The minimum Gasteiger partial charge on any atom is -0.489 e. The van der Waals surface area contributed by atoms with Crippen LogP contribution in [0.2, 0.25) is 0 Å². The zero-order valence-electron chi connectivity index (χ0n) is 12.2. The number of aromatic nitrogens is 2. The molecule has 5 nitrogen and oxygen atoms in total. The number of carboxylic acid groups (broad SMARTS) is 1. The summed E-state index contributed by atoms with van der Waals surface area (Å²) in [6, 6.07) is 13.6. The molecule has 5 heteroatoms. The number of hydrogen-bond acceptors (Lipinski definition) is 3. The first-order valence-electron chi connectivity index (χ1n) is 7.04. The van der Waals surface area contributed by atoms with E-state index in [1.807, 2.05) is 30.3 Å². The number of imidazole rings is 1. The highest BCUT2D eigenvalue weighted by Crippen LogP contribution is 2.22. The average Bonchev–Trinajstić information content (AvgIpc) is 2.85. The Morgan fingerprint density at radius 2 is 2.00 bits per heavy atom. The maximum absolute atomic E-state index is 11.3. The van der Waals surface area contributed by atoms with Gasteiger partial charge in [-0.2, -0.15) is 0 Å². The summed E-state index contributed by atoms with van der Waals surface area (Å²) in [4.78, 5) is 15.6. The molecule has 0 saturated heterocycles. The molecule has 0 saturated carbocycles. The van der Waals surface area contributed by atoms with E-state index in [1.165, 1.54) is 5.56 Å². The predicted octanol–water partition coefficient (Wildman–Crippen LogP) is 2.96. The smallest absolute Gasteiger partial charge is 0.354 e. The van der Waals surface area contributed by atoms with Crippen molar-refractivity contribution in [1.82, 2.24) is 9.38 Å². The van der Waals surface area contributed by atoms with E-state index in [4.69, 9.17) is 4.74 Å². The second-order valence-electron chi connectivity index (χ2n) is 5.00. The molecule has 2 aromatic heterocycles. The molecule has 3 aromatic rings. The lowest BCUT2D eigenvalue weighted by molar-refractivity contribution is 0.0688. The zero-order valence-corrected chi connectivity index (χ0v) is 12.2. The highest BCUT2D eigenvalue weighted by Gasteiger charge is 2.17. The lowest BCUT2D eigenvalue weighted by Gasteiger charge is -2.07. The molecule has 0 aliphatic carbocycles. The van der Waals surface area contributed by atoms with Crippen LogP contribution in [0.25, 0.3) is 5.65 Å². The second-order valence-corrected chi connectivity index (χ2v) is 5.00. The molecule has 0 aliphatic heterocycles. The largest absolute Gasteiger partial charge is 0.489 e. The molecule has 0 aliphatic rings. The fourth-order valence-electron chi connectivity index (χ4n) is 2.45. The number of ether oxygens (including phenoxy) is 1. The molecule has 0 unspecified atom stereocenters. The van der Waals surface area contributed by atoms with Crippen molar-refractivity contribution in [3.8, 4) is 5.75 Å². The second kappa shape index (κ2) is 5.89. The molecular weight excluding hydrogens is 280 g/mol. The third kappa shape index (κ3) is 2.65. The van der Waals surface area contributed by atoms with Gasteiger partial charge < -0.3 is 9.84 Å². The number of benzene rings is 1. The van der Waals surface area contributed by atoms with Crippen LogP contribution < -0.4 is 4.74 Å². The van der Waals surface area contributed by atoms with Crippen molar-refractivity contribution in [3.63, 3.8) is 0 Å². The van der Waals surface area contributed by atoms with Gasteiger partial charge >= 0.3 is 5.97 Å². The van der Waals surface area contributed by atoms with Crippen molar-refractivity contribution in [2.24, 2.45) is 0 Å². The van der Waals surface area contributed by atoms with E-state index in [0.29, 0.717) is 23.7 Å². The maximum atomic E-state index is 11.3. The van der Waals surface area contributed by atoms with Crippen molar-refractivity contribution >= 4 is 11.6 Å². The quantitative estimate of drug-likeness (QED) is 0.786. The van der Waals surface area contributed by atoms with Crippen LogP contribution in [0.15, 0.2) is 48.7 Å². The molecule has 0 amide bonds. The summed E-state index contributed by atoms with van der Waals surface area (Å²) in [7, 11) is 0. The van der Waals surface area contributed by atoms with Crippen LogP contribution in [-0.4, -0.2) is 27.1 Å². The van der Waals surface area contributed by atoms with E-state index >= 15 is 0 Å². The van der Waals surface area contributed by atoms with E-state index in [2.05, 4.69) is 4.98 Å². The molecule has 22 heavy (non-hydrogen) atoms. The topological polar surface area (TPSA) is 63.8 Å². The number of carboxylic acids is 1. The van der Waals surface area contributed by atoms with Crippen LogP contribution in [-0.2, 0) is 6.42 Å². The van der Waals surface area contributed by atoms with Crippen LogP contribution >= 0.6 is 0 Å². The van der Waals surface area contributed by atoms with Crippen LogP contribution in [0.5, 0.6) is 5.75 Å². The van der Waals surface area contributed by atoms with Gasteiger partial charge in [0.15, 0.2) is 17.1 Å². The van der Waals surface area contributed by atoms with Gasteiger partial charge in [0, 0.05) is 12.6 Å². The first kappa shape index (κ1) is 14.1. The molecule has 0 bridgehead atoms. The molecule has 0 radical (unpaired) electrons. The summed E-state index contributed by atoms with van der Waals surface area (Å²) < 4.78 is 7.35. The maximum Gasteiger partial charge on any atom is 0.354 e. The number of nitrogens with zero attached hydrogens (tertiary/aromatic N) is 2. The number of pyridine rings is 1. The molecule has 2 heterocycles. The zero-order chi connectivity index (χ0) is 15.5.